The van der Waals surface area contributed by atoms with Crippen LogP contribution >= 0.6 is 11.6 Å². The van der Waals surface area contributed by atoms with Crippen LogP contribution in [0.15, 0.2) is 6.07 Å². The molecule has 2 rings (SSSR count). The quantitative estimate of drug-likeness (QED) is 0.743. The Morgan fingerprint density at radius 2 is 2.31 bits per heavy atom. The van der Waals surface area contributed by atoms with E-state index >= 15 is 0 Å². The number of ether oxygens (including phenoxy) is 1. The predicted molar refractivity (Wildman–Crippen MR) is 64.0 cm³/mol. The minimum absolute atomic E-state index is 0.294. The maximum absolute atomic E-state index is 5.93. The van der Waals surface area contributed by atoms with Crippen LogP contribution in [0.4, 0.5) is 5.82 Å². The van der Waals surface area contributed by atoms with Gasteiger partial charge in [0.15, 0.2) is 0 Å². The summed E-state index contributed by atoms with van der Waals surface area (Å²) in [4.78, 5) is 10.7. The first kappa shape index (κ1) is 11.6. The Hall–Kier alpha value is -0.870. The van der Waals surface area contributed by atoms with Crippen LogP contribution in [0.5, 0.6) is 0 Å². The number of aryl methyl sites for hydroxylation is 1. The van der Waals surface area contributed by atoms with Gasteiger partial charge in [0.1, 0.15) is 16.8 Å². The van der Waals surface area contributed by atoms with Crippen molar-refractivity contribution >= 4 is 17.4 Å². The van der Waals surface area contributed by atoms with Gasteiger partial charge in [0, 0.05) is 26.3 Å². The second kappa shape index (κ2) is 4.97. The molecule has 0 bridgehead atoms. The summed E-state index contributed by atoms with van der Waals surface area (Å²) in [5.41, 5.74) is 0. The SMILES string of the molecule is CO[C@H]1CCCN(c2cc(Cl)nc(C)n2)C1. The minimum Gasteiger partial charge on any atom is -0.380 e. The van der Waals surface area contributed by atoms with Gasteiger partial charge in [-0.05, 0) is 19.8 Å². The molecule has 16 heavy (non-hydrogen) atoms. The molecule has 4 nitrogen and oxygen atoms in total. The highest BCUT2D eigenvalue weighted by atomic mass is 35.5. The summed E-state index contributed by atoms with van der Waals surface area (Å²) in [6.45, 7) is 3.74. The molecule has 0 N–H and O–H groups in total. The smallest absolute Gasteiger partial charge is 0.134 e. The Balaban J connectivity index is 2.16. The average Bonchev–Trinajstić information content (AvgIpc) is 2.28. The van der Waals surface area contributed by atoms with Crippen molar-refractivity contribution in [3.05, 3.63) is 17.0 Å². The predicted octanol–water partition coefficient (Wildman–Crippen LogP) is 2.05. The van der Waals surface area contributed by atoms with Gasteiger partial charge in [0.05, 0.1) is 6.10 Å². The molecule has 0 unspecified atom stereocenters. The van der Waals surface area contributed by atoms with E-state index in [0.717, 1.165) is 31.7 Å². The maximum Gasteiger partial charge on any atom is 0.134 e. The molecule has 0 spiro atoms. The zero-order valence-corrected chi connectivity index (χ0v) is 10.4. The van der Waals surface area contributed by atoms with Crippen LogP contribution in [0, 0.1) is 6.92 Å². The number of nitrogens with zero attached hydrogens (tertiary/aromatic N) is 3. The Morgan fingerprint density at radius 3 is 3.00 bits per heavy atom. The van der Waals surface area contributed by atoms with E-state index in [1.54, 1.807) is 7.11 Å². The maximum atomic E-state index is 5.93. The first-order valence-corrected chi connectivity index (χ1v) is 5.86. The van der Waals surface area contributed by atoms with E-state index in [9.17, 15) is 0 Å². The Labute approximate surface area is 101 Å². The number of piperidine rings is 1. The van der Waals surface area contributed by atoms with Crippen LogP contribution in [0.25, 0.3) is 0 Å². The number of methoxy groups -OCH3 is 1. The molecule has 0 aromatic carbocycles. The highest BCUT2D eigenvalue weighted by molar-refractivity contribution is 6.29. The lowest BCUT2D eigenvalue weighted by Crippen LogP contribution is -2.39. The van der Waals surface area contributed by atoms with Crippen molar-refractivity contribution in [2.24, 2.45) is 0 Å². The largest absolute Gasteiger partial charge is 0.380 e. The summed E-state index contributed by atoms with van der Waals surface area (Å²) in [6, 6.07) is 1.81. The molecule has 1 atom stereocenters. The van der Waals surface area contributed by atoms with Crippen molar-refractivity contribution < 1.29 is 4.74 Å². The van der Waals surface area contributed by atoms with Crippen LogP contribution in [0.2, 0.25) is 5.15 Å². The van der Waals surface area contributed by atoms with Gasteiger partial charge in [0.2, 0.25) is 0 Å². The molecule has 1 aromatic heterocycles. The lowest BCUT2D eigenvalue weighted by Gasteiger charge is -2.32. The highest BCUT2D eigenvalue weighted by Gasteiger charge is 2.20. The van der Waals surface area contributed by atoms with Crippen LogP contribution in [-0.2, 0) is 4.74 Å². The van der Waals surface area contributed by atoms with Crippen molar-refractivity contribution in [3.63, 3.8) is 0 Å². The molecule has 88 valence electrons. The standard InChI is InChI=1S/C11H16ClN3O/c1-8-13-10(12)6-11(14-8)15-5-3-4-9(7-15)16-2/h6,9H,3-5,7H2,1-2H3/t9-/m0/s1. The number of anilines is 1. The van der Waals surface area contributed by atoms with Crippen LogP contribution in [0.3, 0.4) is 0 Å². The first-order valence-electron chi connectivity index (χ1n) is 5.48. The Morgan fingerprint density at radius 1 is 1.50 bits per heavy atom. The Kier molecular flexibility index (Phi) is 3.61. The van der Waals surface area contributed by atoms with Crippen LogP contribution in [-0.4, -0.2) is 36.3 Å². The molecule has 0 radical (unpaired) electrons. The third-order valence-electron chi connectivity index (χ3n) is 2.83. The fraction of sp³-hybridized carbons (Fsp3) is 0.636. The van der Waals surface area contributed by atoms with Crippen molar-refractivity contribution in [3.8, 4) is 0 Å². The number of hydrogen-bond donors (Lipinski definition) is 0. The monoisotopic (exact) mass is 241 g/mol. The molecule has 0 saturated carbocycles. The normalized spacial score (nSPS) is 21.2. The third-order valence-corrected chi connectivity index (χ3v) is 3.02. The Bertz CT molecular complexity index is 352. The van der Waals surface area contributed by atoms with Gasteiger partial charge in [-0.25, -0.2) is 9.97 Å². The van der Waals surface area contributed by atoms with E-state index in [1.165, 1.54) is 0 Å². The van der Waals surface area contributed by atoms with Crippen molar-refractivity contribution in [2.45, 2.75) is 25.9 Å². The van der Waals surface area contributed by atoms with E-state index in [1.807, 2.05) is 13.0 Å². The second-order valence-electron chi connectivity index (χ2n) is 4.04. The second-order valence-corrected chi connectivity index (χ2v) is 4.43. The molecule has 1 fully saturated rings. The highest BCUT2D eigenvalue weighted by Crippen LogP contribution is 2.21. The summed E-state index contributed by atoms with van der Waals surface area (Å²) < 4.78 is 5.39. The third kappa shape index (κ3) is 2.62. The minimum atomic E-state index is 0.294. The fourth-order valence-electron chi connectivity index (χ4n) is 2.02. The van der Waals surface area contributed by atoms with Crippen molar-refractivity contribution in [1.29, 1.82) is 0 Å². The lowest BCUT2D eigenvalue weighted by atomic mass is 10.1. The van der Waals surface area contributed by atoms with Gasteiger partial charge in [-0.2, -0.15) is 0 Å². The number of hydrogen-bond acceptors (Lipinski definition) is 4. The van der Waals surface area contributed by atoms with Gasteiger partial charge in [-0.15, -0.1) is 0 Å². The van der Waals surface area contributed by atoms with Crippen LogP contribution in [0.1, 0.15) is 18.7 Å². The fourth-order valence-corrected chi connectivity index (χ4v) is 2.24. The molecule has 1 saturated heterocycles. The molecular formula is C11H16ClN3O. The van der Waals surface area contributed by atoms with E-state index in [-0.39, 0.29) is 0 Å². The summed E-state index contributed by atoms with van der Waals surface area (Å²) >= 11 is 5.93. The molecule has 1 aliphatic heterocycles. The van der Waals surface area contributed by atoms with E-state index in [4.69, 9.17) is 16.3 Å². The van der Waals surface area contributed by atoms with E-state index < -0.39 is 0 Å². The molecule has 5 heteroatoms. The van der Waals surface area contributed by atoms with Crippen molar-refractivity contribution in [1.82, 2.24) is 9.97 Å². The summed E-state index contributed by atoms with van der Waals surface area (Å²) in [5.74, 6) is 1.61. The van der Waals surface area contributed by atoms with Gasteiger partial charge in [-0.3, -0.25) is 0 Å². The van der Waals surface area contributed by atoms with Crippen LogP contribution < -0.4 is 4.90 Å². The topological polar surface area (TPSA) is 38.2 Å². The summed E-state index contributed by atoms with van der Waals surface area (Å²) in [7, 11) is 1.76. The summed E-state index contributed by atoms with van der Waals surface area (Å²) in [6.07, 6.45) is 2.53. The summed E-state index contributed by atoms with van der Waals surface area (Å²) in [5, 5.41) is 0.502. The van der Waals surface area contributed by atoms with E-state index in [0.29, 0.717) is 17.1 Å². The van der Waals surface area contributed by atoms with Gasteiger partial charge in [0.25, 0.3) is 0 Å². The molecule has 2 heterocycles. The van der Waals surface area contributed by atoms with Crippen molar-refractivity contribution in [2.75, 3.05) is 25.1 Å². The molecular weight excluding hydrogens is 226 g/mol. The molecule has 1 aliphatic rings. The molecule has 0 amide bonds. The van der Waals surface area contributed by atoms with E-state index in [2.05, 4.69) is 14.9 Å². The zero-order chi connectivity index (χ0) is 11.5. The zero-order valence-electron chi connectivity index (χ0n) is 9.61. The number of halogens is 1. The number of aromatic nitrogens is 2. The molecule has 1 aromatic rings. The van der Waals surface area contributed by atoms with Gasteiger partial charge < -0.3 is 9.64 Å². The average molecular weight is 242 g/mol. The van der Waals surface area contributed by atoms with Gasteiger partial charge in [-0.1, -0.05) is 11.6 Å². The van der Waals surface area contributed by atoms with Gasteiger partial charge >= 0.3 is 0 Å². The molecule has 0 aliphatic carbocycles. The first-order chi connectivity index (χ1) is 7.69. The number of rotatable bonds is 2. The lowest BCUT2D eigenvalue weighted by molar-refractivity contribution is 0.0891.